The number of hydrogen-bond acceptors (Lipinski definition) is 4. The van der Waals surface area contributed by atoms with E-state index in [-0.39, 0.29) is 17.4 Å². The van der Waals surface area contributed by atoms with Crippen LogP contribution in [0, 0.1) is 36.3 Å². The lowest BCUT2D eigenvalue weighted by Crippen LogP contribution is -2.46. The minimum Gasteiger partial charge on any atom is -0.464 e. The second kappa shape index (κ2) is 9.82. The Labute approximate surface area is 170 Å². The molecule has 152 valence electrons. The fraction of sp³-hybridized carbons (Fsp3) is 0.476. The van der Waals surface area contributed by atoms with Gasteiger partial charge in [0, 0.05) is 12.0 Å². The molecule has 1 atom stereocenters. The number of sulfonamides is 1. The summed E-state index contributed by atoms with van der Waals surface area (Å²) in [5, 5.41) is 0. The van der Waals surface area contributed by atoms with E-state index in [9.17, 15) is 13.2 Å². The van der Waals surface area contributed by atoms with Crippen molar-refractivity contribution in [1.82, 2.24) is 4.31 Å². The third-order valence-corrected chi connectivity index (χ3v) is 6.24. The van der Waals surface area contributed by atoms with Crippen molar-refractivity contribution in [3.05, 3.63) is 29.8 Å². The number of ether oxygens (including phenoxy) is 1. The lowest BCUT2D eigenvalue weighted by Gasteiger charge is -2.28. The zero-order valence-electron chi connectivity index (χ0n) is 17.7. The van der Waals surface area contributed by atoms with Crippen LogP contribution >= 0.6 is 0 Å². The molecule has 0 unspecified atom stereocenters. The monoisotopic (exact) mass is 419 g/mol. The Balaban J connectivity index is 3.53. The van der Waals surface area contributed by atoms with Crippen LogP contribution in [-0.4, -0.2) is 39.4 Å². The molecule has 0 spiro atoms. The minimum atomic E-state index is -4.04. The number of carbonyl (C=O) groups excluding carboxylic acids is 1. The van der Waals surface area contributed by atoms with E-state index in [0.717, 1.165) is 9.87 Å². The fourth-order valence-corrected chi connectivity index (χ4v) is 4.21. The highest BCUT2D eigenvalue weighted by Gasteiger charge is 2.37. The van der Waals surface area contributed by atoms with E-state index in [4.69, 9.17) is 4.74 Å². The summed E-state index contributed by atoms with van der Waals surface area (Å²) < 4.78 is 32.5. The summed E-state index contributed by atoms with van der Waals surface area (Å²) in [5.41, 5.74) is 4.01. The van der Waals surface area contributed by atoms with Gasteiger partial charge >= 0.3 is 5.97 Å². The minimum absolute atomic E-state index is 0.0699. The molecule has 0 aromatic heterocycles. The van der Waals surface area contributed by atoms with Gasteiger partial charge in [-0.2, -0.15) is 0 Å². The summed E-state index contributed by atoms with van der Waals surface area (Å²) in [5.74, 6) is 4.41. The quantitative estimate of drug-likeness (QED) is 0.307. The summed E-state index contributed by atoms with van der Waals surface area (Å²) in [6, 6.07) is 7.98. The lowest BCUT2D eigenvalue weighted by molar-refractivity contribution is -0.148. The van der Waals surface area contributed by atoms with E-state index in [1.54, 1.807) is 32.9 Å². The highest BCUT2D eigenvalue weighted by molar-refractivity contribution is 7.89. The van der Waals surface area contributed by atoms with Crippen molar-refractivity contribution in [2.24, 2.45) is 5.92 Å². The van der Waals surface area contributed by atoms with Crippen molar-refractivity contribution >= 4 is 24.1 Å². The largest absolute Gasteiger partial charge is 0.464 e. The van der Waals surface area contributed by atoms with Gasteiger partial charge < -0.3 is 4.74 Å². The average molecular weight is 420 g/mol. The molecule has 0 aliphatic carbocycles. The maximum absolute atomic E-state index is 13.3. The highest BCUT2D eigenvalue weighted by Crippen LogP contribution is 2.22. The van der Waals surface area contributed by atoms with Crippen LogP contribution in [0.15, 0.2) is 29.2 Å². The number of rotatable bonds is 6. The average Bonchev–Trinajstić information content (AvgIpc) is 2.56. The first kappa shape index (κ1) is 23.8. The van der Waals surface area contributed by atoms with Crippen molar-refractivity contribution in [2.75, 3.05) is 6.61 Å². The number of benzene rings is 1. The normalized spacial score (nSPS) is 12.3. The first-order valence-corrected chi connectivity index (χ1v) is 14.1. The van der Waals surface area contributed by atoms with E-state index in [0.29, 0.717) is 0 Å². The van der Waals surface area contributed by atoms with Crippen LogP contribution in [0.25, 0.3) is 0 Å². The number of carbonyl (C=O) groups is 1. The molecule has 0 amide bonds. The fourth-order valence-electron chi connectivity index (χ4n) is 2.27. The molecule has 0 aliphatic heterocycles. The maximum Gasteiger partial charge on any atom is 0.331 e. The molecule has 1 aromatic carbocycles. The summed E-state index contributed by atoms with van der Waals surface area (Å²) in [7, 11) is -5.69. The Morgan fingerprint density at radius 1 is 1.14 bits per heavy atom. The van der Waals surface area contributed by atoms with Gasteiger partial charge in [0.1, 0.15) is 8.07 Å². The molecule has 0 aliphatic rings. The van der Waals surface area contributed by atoms with Crippen molar-refractivity contribution in [3.8, 4) is 23.4 Å². The Morgan fingerprint density at radius 2 is 1.71 bits per heavy atom. The predicted molar refractivity (Wildman–Crippen MR) is 114 cm³/mol. The third kappa shape index (κ3) is 6.74. The first-order valence-electron chi connectivity index (χ1n) is 9.20. The van der Waals surface area contributed by atoms with Gasteiger partial charge in [-0.25, -0.2) is 17.5 Å². The van der Waals surface area contributed by atoms with Gasteiger partial charge in [-0.1, -0.05) is 51.2 Å². The lowest BCUT2D eigenvalue weighted by atomic mass is 10.1. The number of aryl methyl sites for hydroxylation is 1. The summed E-state index contributed by atoms with van der Waals surface area (Å²) in [4.78, 5) is 12.6. The van der Waals surface area contributed by atoms with Gasteiger partial charge in [0.25, 0.3) is 10.0 Å². The molecule has 0 saturated carbocycles. The van der Waals surface area contributed by atoms with E-state index in [2.05, 4.69) is 43.1 Å². The summed E-state index contributed by atoms with van der Waals surface area (Å²) >= 11 is 0. The third-order valence-electron chi connectivity index (χ3n) is 3.66. The Hall–Kier alpha value is -2.22. The molecule has 0 bridgehead atoms. The second-order valence-electron chi connectivity index (χ2n) is 7.79. The molecule has 0 saturated heterocycles. The molecule has 0 radical (unpaired) electrons. The molecule has 7 heteroatoms. The molecule has 5 nitrogen and oxygen atoms in total. The Bertz CT molecular complexity index is 908. The number of nitrogens with zero attached hydrogens (tertiary/aromatic N) is 1. The van der Waals surface area contributed by atoms with Gasteiger partial charge in [-0.05, 0) is 37.8 Å². The first-order chi connectivity index (χ1) is 12.9. The molecule has 28 heavy (non-hydrogen) atoms. The van der Waals surface area contributed by atoms with Gasteiger partial charge in [-0.3, -0.25) is 0 Å². The van der Waals surface area contributed by atoms with E-state index < -0.39 is 30.1 Å². The zero-order chi connectivity index (χ0) is 21.5. The molecular formula is C21H29NO4SSi. The van der Waals surface area contributed by atoms with Crippen LogP contribution in [0.1, 0.15) is 26.3 Å². The summed E-state index contributed by atoms with van der Waals surface area (Å²) in [6.45, 7) is 13.4. The SMILES string of the molecule is CCOC(=O)[C@H](C(C)C)N(C#CC#C[Si](C)(C)C)S(=O)(=O)c1ccc(C)cc1. The topological polar surface area (TPSA) is 63.7 Å². The standard InChI is InChI=1S/C21H29NO4SSi/c1-8-26-21(23)20(17(2)3)22(15-9-10-16-28(5,6)7)27(24,25)19-13-11-18(4)12-14-19/h11-14,17,20H,8H2,1-7H3/t20-/m0/s1. The van der Waals surface area contributed by atoms with Gasteiger partial charge in [0.2, 0.25) is 0 Å². The van der Waals surface area contributed by atoms with Crippen molar-refractivity contribution in [1.29, 1.82) is 0 Å². The predicted octanol–water partition coefficient (Wildman–Crippen LogP) is 3.42. The maximum atomic E-state index is 13.3. The van der Waals surface area contributed by atoms with Crippen molar-refractivity contribution in [3.63, 3.8) is 0 Å². The highest BCUT2D eigenvalue weighted by atomic mass is 32.2. The summed E-state index contributed by atoms with van der Waals surface area (Å²) in [6.07, 6.45) is 0. The van der Waals surface area contributed by atoms with Crippen molar-refractivity contribution < 1.29 is 17.9 Å². The van der Waals surface area contributed by atoms with E-state index in [1.807, 2.05) is 6.92 Å². The van der Waals surface area contributed by atoms with Crippen LogP contribution in [0.4, 0.5) is 0 Å². The van der Waals surface area contributed by atoms with E-state index in [1.165, 1.54) is 12.1 Å². The number of hydrogen-bond donors (Lipinski definition) is 0. The van der Waals surface area contributed by atoms with Gasteiger partial charge in [0.15, 0.2) is 6.04 Å². The number of esters is 1. The molecule has 0 heterocycles. The molecule has 0 N–H and O–H groups in total. The zero-order valence-corrected chi connectivity index (χ0v) is 19.5. The van der Waals surface area contributed by atoms with Gasteiger partial charge in [-0.15, -0.1) is 5.54 Å². The van der Waals surface area contributed by atoms with Crippen LogP contribution in [0.3, 0.4) is 0 Å². The van der Waals surface area contributed by atoms with Gasteiger partial charge in [0.05, 0.1) is 11.5 Å². The smallest absolute Gasteiger partial charge is 0.331 e. The second-order valence-corrected chi connectivity index (χ2v) is 14.4. The van der Waals surface area contributed by atoms with E-state index >= 15 is 0 Å². The van der Waals surface area contributed by atoms with Crippen LogP contribution in [0.2, 0.25) is 19.6 Å². The van der Waals surface area contributed by atoms with Crippen LogP contribution < -0.4 is 0 Å². The molecule has 0 fully saturated rings. The Morgan fingerprint density at radius 3 is 2.18 bits per heavy atom. The molecular weight excluding hydrogens is 390 g/mol. The Kier molecular flexibility index (Phi) is 8.35. The van der Waals surface area contributed by atoms with Crippen molar-refractivity contribution in [2.45, 2.75) is 58.3 Å². The van der Waals surface area contributed by atoms with Crippen LogP contribution in [-0.2, 0) is 19.6 Å². The van der Waals surface area contributed by atoms with Crippen LogP contribution in [0.5, 0.6) is 0 Å². The molecule has 1 rings (SSSR count). The molecule has 1 aromatic rings.